The fourth-order valence-electron chi connectivity index (χ4n) is 2.83. The molecule has 1 aromatic rings. The van der Waals surface area contributed by atoms with Gasteiger partial charge in [0.25, 0.3) is 0 Å². The Morgan fingerprint density at radius 2 is 2.09 bits per heavy atom. The normalized spacial score (nSPS) is 18.6. The van der Waals surface area contributed by atoms with Gasteiger partial charge in [0.05, 0.1) is 6.10 Å². The van der Waals surface area contributed by atoms with Gasteiger partial charge in [0, 0.05) is 39.3 Å². The van der Waals surface area contributed by atoms with E-state index in [2.05, 4.69) is 12.2 Å². The maximum atomic E-state index is 13.2. The van der Waals surface area contributed by atoms with Crippen LogP contribution in [0.25, 0.3) is 0 Å². The Labute approximate surface area is 137 Å². The number of likely N-dealkylation sites (tertiary alicyclic amines) is 1. The van der Waals surface area contributed by atoms with Gasteiger partial charge in [-0.3, -0.25) is 0 Å². The number of halogens is 1. The van der Waals surface area contributed by atoms with Gasteiger partial charge in [-0.2, -0.15) is 0 Å². The van der Waals surface area contributed by atoms with Gasteiger partial charge in [-0.15, -0.1) is 0 Å². The predicted molar refractivity (Wildman–Crippen MR) is 87.7 cm³/mol. The second kappa shape index (κ2) is 7.27. The van der Waals surface area contributed by atoms with Crippen molar-refractivity contribution in [2.24, 2.45) is 0 Å². The summed E-state index contributed by atoms with van der Waals surface area (Å²) in [6.07, 6.45) is 0.897. The zero-order valence-electron chi connectivity index (χ0n) is 14.1. The van der Waals surface area contributed by atoms with E-state index in [1.54, 1.807) is 31.1 Å². The molecule has 1 saturated heterocycles. The molecular weight excluding hydrogens is 297 g/mol. The molecule has 128 valence electrons. The fraction of sp³-hybridized carbons (Fsp3) is 0.588. The van der Waals surface area contributed by atoms with Gasteiger partial charge in [-0.05, 0) is 37.5 Å². The number of β-amino-alcohol motifs (C(OH)–C–C–N with tert-alkyl or cyclic N) is 1. The van der Waals surface area contributed by atoms with Gasteiger partial charge in [-0.1, -0.05) is 12.1 Å². The van der Waals surface area contributed by atoms with Crippen LogP contribution in [-0.4, -0.2) is 60.2 Å². The Hall–Kier alpha value is -1.66. The number of urea groups is 1. The second-order valence-corrected chi connectivity index (χ2v) is 6.68. The molecule has 1 aliphatic rings. The monoisotopic (exact) mass is 323 g/mol. The van der Waals surface area contributed by atoms with E-state index in [0.29, 0.717) is 25.2 Å². The lowest BCUT2D eigenvalue weighted by Crippen LogP contribution is -2.54. The van der Waals surface area contributed by atoms with Crippen molar-refractivity contribution in [3.63, 3.8) is 0 Å². The minimum absolute atomic E-state index is 0.0341. The lowest BCUT2D eigenvalue weighted by Gasteiger charge is -2.41. The highest BCUT2D eigenvalue weighted by Crippen LogP contribution is 2.23. The van der Waals surface area contributed by atoms with Gasteiger partial charge in [0.2, 0.25) is 0 Å². The summed E-state index contributed by atoms with van der Waals surface area (Å²) in [5.74, 6) is -0.344. The Bertz CT molecular complexity index is 542. The first-order valence-corrected chi connectivity index (χ1v) is 7.95. The molecule has 1 atom stereocenters. The molecule has 0 aromatic heterocycles. The average molecular weight is 323 g/mol. The van der Waals surface area contributed by atoms with Gasteiger partial charge in [0.1, 0.15) is 5.82 Å². The van der Waals surface area contributed by atoms with Crippen molar-refractivity contribution in [2.45, 2.75) is 31.4 Å². The van der Waals surface area contributed by atoms with Crippen LogP contribution < -0.4 is 5.32 Å². The number of hydrogen-bond acceptors (Lipinski definition) is 3. The van der Waals surface area contributed by atoms with E-state index in [9.17, 15) is 14.3 Å². The zero-order valence-corrected chi connectivity index (χ0v) is 14.1. The summed E-state index contributed by atoms with van der Waals surface area (Å²) in [7, 11) is 3.51. The summed E-state index contributed by atoms with van der Waals surface area (Å²) in [5, 5.41) is 13.6. The topological polar surface area (TPSA) is 55.8 Å². The van der Waals surface area contributed by atoms with Crippen LogP contribution in [0.4, 0.5) is 9.18 Å². The first-order chi connectivity index (χ1) is 10.8. The quantitative estimate of drug-likeness (QED) is 0.891. The number of aliphatic hydroxyl groups excluding tert-OH is 1. The average Bonchev–Trinajstić information content (AvgIpc) is 2.52. The molecule has 2 amide bonds. The van der Waals surface area contributed by atoms with Crippen molar-refractivity contribution in [1.29, 1.82) is 0 Å². The lowest BCUT2D eigenvalue weighted by molar-refractivity contribution is 0.113. The highest BCUT2D eigenvalue weighted by molar-refractivity contribution is 5.73. The minimum Gasteiger partial charge on any atom is -0.387 e. The van der Waals surface area contributed by atoms with Gasteiger partial charge >= 0.3 is 6.03 Å². The molecule has 0 bridgehead atoms. The zero-order chi connectivity index (χ0) is 17.0. The Morgan fingerprint density at radius 1 is 1.43 bits per heavy atom. The molecule has 0 aliphatic carbocycles. The summed E-state index contributed by atoms with van der Waals surface area (Å²) in [6, 6.07) is 6.07. The van der Waals surface area contributed by atoms with Crippen LogP contribution in [0, 0.1) is 5.82 Å². The van der Waals surface area contributed by atoms with Gasteiger partial charge in [0.15, 0.2) is 0 Å². The smallest absolute Gasteiger partial charge is 0.319 e. The van der Waals surface area contributed by atoms with Crippen molar-refractivity contribution < 1.29 is 14.3 Å². The van der Waals surface area contributed by atoms with Crippen LogP contribution >= 0.6 is 0 Å². The third-order valence-electron chi connectivity index (χ3n) is 4.48. The van der Waals surface area contributed by atoms with Crippen LogP contribution in [0.15, 0.2) is 24.3 Å². The standard InChI is InChI=1S/C17H26FN3O2/c1-17(7-9-21(10-8-17)16(23)20(2)3)19-12-15(22)13-5-4-6-14(18)11-13/h4-6,11,15,19,22H,7-10,12H2,1-3H3/t15-/m0/s1. The lowest BCUT2D eigenvalue weighted by atomic mass is 9.89. The molecule has 6 heteroatoms. The van der Waals surface area contributed by atoms with Crippen molar-refractivity contribution in [3.05, 3.63) is 35.6 Å². The van der Waals surface area contributed by atoms with Gasteiger partial charge < -0.3 is 20.2 Å². The number of aliphatic hydroxyl groups is 1. The number of carbonyl (C=O) groups excluding carboxylic acids is 1. The number of benzene rings is 1. The van der Waals surface area contributed by atoms with E-state index in [-0.39, 0.29) is 17.4 Å². The fourth-order valence-corrected chi connectivity index (χ4v) is 2.83. The van der Waals surface area contributed by atoms with Crippen LogP contribution in [0.5, 0.6) is 0 Å². The maximum absolute atomic E-state index is 13.2. The summed E-state index contributed by atoms with van der Waals surface area (Å²) in [4.78, 5) is 15.4. The van der Waals surface area contributed by atoms with Gasteiger partial charge in [-0.25, -0.2) is 9.18 Å². The van der Waals surface area contributed by atoms with Crippen LogP contribution in [-0.2, 0) is 0 Å². The molecular formula is C17H26FN3O2. The highest BCUT2D eigenvalue weighted by Gasteiger charge is 2.32. The molecule has 0 radical (unpaired) electrons. The van der Waals surface area contributed by atoms with E-state index in [4.69, 9.17) is 0 Å². The van der Waals surface area contributed by atoms with E-state index in [1.165, 1.54) is 12.1 Å². The summed E-state index contributed by atoms with van der Waals surface area (Å²) < 4.78 is 13.2. The first-order valence-electron chi connectivity index (χ1n) is 7.95. The summed E-state index contributed by atoms with van der Waals surface area (Å²) >= 11 is 0. The summed E-state index contributed by atoms with van der Waals surface area (Å²) in [6.45, 7) is 3.84. The molecule has 2 N–H and O–H groups in total. The Balaban J connectivity index is 1.85. The third kappa shape index (κ3) is 4.65. The molecule has 5 nitrogen and oxygen atoms in total. The largest absolute Gasteiger partial charge is 0.387 e. The molecule has 1 aromatic carbocycles. The maximum Gasteiger partial charge on any atom is 0.319 e. The first kappa shape index (κ1) is 17.7. The van der Waals surface area contributed by atoms with Crippen molar-refractivity contribution in [1.82, 2.24) is 15.1 Å². The number of nitrogens with one attached hydrogen (secondary N) is 1. The van der Waals surface area contributed by atoms with E-state index in [0.717, 1.165) is 12.8 Å². The molecule has 1 aliphatic heterocycles. The Kier molecular flexibility index (Phi) is 5.59. The number of carbonyl (C=O) groups is 1. The third-order valence-corrected chi connectivity index (χ3v) is 4.48. The molecule has 1 fully saturated rings. The molecule has 2 rings (SSSR count). The predicted octanol–water partition coefficient (Wildman–Crippen LogP) is 1.98. The molecule has 23 heavy (non-hydrogen) atoms. The molecule has 0 saturated carbocycles. The minimum atomic E-state index is -0.746. The van der Waals surface area contributed by atoms with E-state index < -0.39 is 6.10 Å². The number of hydrogen-bond donors (Lipinski definition) is 2. The number of nitrogens with zero attached hydrogens (tertiary/aromatic N) is 2. The summed E-state index contributed by atoms with van der Waals surface area (Å²) in [5.41, 5.74) is 0.443. The molecule has 0 unspecified atom stereocenters. The van der Waals surface area contributed by atoms with Crippen LogP contribution in [0.1, 0.15) is 31.4 Å². The van der Waals surface area contributed by atoms with Crippen LogP contribution in [0.2, 0.25) is 0 Å². The van der Waals surface area contributed by atoms with E-state index in [1.807, 2.05) is 4.90 Å². The molecule has 0 spiro atoms. The van der Waals surface area contributed by atoms with Crippen molar-refractivity contribution in [3.8, 4) is 0 Å². The number of rotatable bonds is 4. The SMILES string of the molecule is CN(C)C(=O)N1CCC(C)(NC[C@H](O)c2cccc(F)c2)CC1. The highest BCUT2D eigenvalue weighted by atomic mass is 19.1. The number of piperidine rings is 1. The van der Waals surface area contributed by atoms with Crippen LogP contribution in [0.3, 0.4) is 0 Å². The number of amides is 2. The van der Waals surface area contributed by atoms with Crippen molar-refractivity contribution in [2.75, 3.05) is 33.7 Å². The van der Waals surface area contributed by atoms with E-state index >= 15 is 0 Å². The van der Waals surface area contributed by atoms with Crippen molar-refractivity contribution >= 4 is 6.03 Å². The second-order valence-electron chi connectivity index (χ2n) is 6.68. The Morgan fingerprint density at radius 3 is 2.65 bits per heavy atom. The molecule has 1 heterocycles.